The van der Waals surface area contributed by atoms with Crippen LogP contribution in [-0.4, -0.2) is 58.6 Å². The van der Waals surface area contributed by atoms with Crippen molar-refractivity contribution in [3.8, 4) is 0 Å². The molecule has 19 heavy (non-hydrogen) atoms. The molecule has 0 amide bonds. The smallest absolute Gasteiger partial charge is 0.158 e. The van der Waals surface area contributed by atoms with Crippen LogP contribution in [0.5, 0.6) is 0 Å². The van der Waals surface area contributed by atoms with Gasteiger partial charge in [0.05, 0.1) is 39.6 Å². The molecule has 114 valence electrons. The fraction of sp³-hybridized carbons (Fsp3) is 0.929. The summed E-state index contributed by atoms with van der Waals surface area (Å²) in [6.45, 7) is 8.25. The molecule has 0 radical (unpaired) electrons. The van der Waals surface area contributed by atoms with Crippen molar-refractivity contribution >= 4 is 5.78 Å². The fourth-order valence-electron chi connectivity index (χ4n) is 1.19. The normalized spacial score (nSPS) is 10.8. The Morgan fingerprint density at radius 3 is 1.68 bits per heavy atom. The lowest BCUT2D eigenvalue weighted by molar-refractivity contribution is -0.123. The first-order valence-electron chi connectivity index (χ1n) is 7.13. The first-order valence-corrected chi connectivity index (χ1v) is 7.13. The predicted octanol–water partition coefficient (Wildman–Crippen LogP) is 1.83. The van der Waals surface area contributed by atoms with Crippen LogP contribution in [0.3, 0.4) is 0 Å². The average Bonchev–Trinajstić information content (AvgIpc) is 2.43. The van der Waals surface area contributed by atoms with Crippen LogP contribution >= 0.6 is 0 Å². The van der Waals surface area contributed by atoms with Crippen molar-refractivity contribution in [1.29, 1.82) is 0 Å². The van der Waals surface area contributed by atoms with E-state index in [4.69, 9.17) is 18.9 Å². The highest BCUT2D eigenvalue weighted by molar-refractivity contribution is 5.79. The van der Waals surface area contributed by atoms with Crippen LogP contribution in [-0.2, 0) is 23.7 Å². The van der Waals surface area contributed by atoms with E-state index < -0.39 is 0 Å². The fourth-order valence-corrected chi connectivity index (χ4v) is 1.19. The molecule has 0 fully saturated rings. The number of hydrogen-bond donors (Lipinski definition) is 0. The Balaban J connectivity index is 2.97. The highest BCUT2D eigenvalue weighted by Gasteiger charge is 1.97. The molecule has 0 aliphatic carbocycles. The lowest BCUT2D eigenvalue weighted by Gasteiger charge is -2.07. The zero-order valence-electron chi connectivity index (χ0n) is 12.3. The summed E-state index contributed by atoms with van der Waals surface area (Å²) in [5.41, 5.74) is 0. The minimum absolute atomic E-state index is 0.117. The van der Waals surface area contributed by atoms with Gasteiger partial charge in [0.25, 0.3) is 0 Å². The standard InChI is InChI=1S/C14H28O5/c1-3-5-6-16-7-8-17-9-10-18-11-12-19-13-14(15)4-2/h3-13H2,1-2H3. The summed E-state index contributed by atoms with van der Waals surface area (Å²) in [5.74, 6) is 0.117. The highest BCUT2D eigenvalue weighted by atomic mass is 16.6. The average molecular weight is 276 g/mol. The number of ketones is 1. The molecule has 0 saturated carbocycles. The van der Waals surface area contributed by atoms with Gasteiger partial charge in [0, 0.05) is 13.0 Å². The van der Waals surface area contributed by atoms with Crippen LogP contribution < -0.4 is 0 Å². The largest absolute Gasteiger partial charge is 0.379 e. The summed E-state index contributed by atoms with van der Waals surface area (Å²) in [6.07, 6.45) is 2.78. The van der Waals surface area contributed by atoms with Crippen LogP contribution in [0.4, 0.5) is 0 Å². The number of rotatable bonds is 15. The first-order chi connectivity index (χ1) is 9.31. The quantitative estimate of drug-likeness (QED) is 0.427. The van der Waals surface area contributed by atoms with Gasteiger partial charge in [-0.25, -0.2) is 0 Å². The zero-order valence-corrected chi connectivity index (χ0v) is 12.3. The van der Waals surface area contributed by atoms with Gasteiger partial charge in [0.1, 0.15) is 6.61 Å². The summed E-state index contributed by atoms with van der Waals surface area (Å²) in [7, 11) is 0. The Hall–Kier alpha value is -0.490. The molecular weight excluding hydrogens is 248 g/mol. The van der Waals surface area contributed by atoms with Crippen molar-refractivity contribution < 1.29 is 23.7 Å². The van der Waals surface area contributed by atoms with Gasteiger partial charge < -0.3 is 18.9 Å². The van der Waals surface area contributed by atoms with E-state index in [1.165, 1.54) is 0 Å². The maximum atomic E-state index is 10.9. The Labute approximate surface area is 116 Å². The van der Waals surface area contributed by atoms with E-state index in [9.17, 15) is 4.79 Å². The summed E-state index contributed by atoms with van der Waals surface area (Å²) in [5, 5.41) is 0. The Kier molecular flexibility index (Phi) is 15.2. The predicted molar refractivity (Wildman–Crippen MR) is 73.5 cm³/mol. The molecule has 0 spiro atoms. The minimum Gasteiger partial charge on any atom is -0.379 e. The third-order valence-electron chi connectivity index (χ3n) is 2.42. The SMILES string of the molecule is CCCCOCCOCCOCCOCC(=O)CC. The summed E-state index contributed by atoms with van der Waals surface area (Å²) >= 11 is 0. The molecule has 0 aromatic rings. The Morgan fingerprint density at radius 1 is 0.737 bits per heavy atom. The number of unbranched alkanes of at least 4 members (excludes halogenated alkanes) is 1. The molecule has 0 rings (SSSR count). The maximum absolute atomic E-state index is 10.9. The first kappa shape index (κ1) is 18.5. The van der Waals surface area contributed by atoms with Gasteiger partial charge in [0.15, 0.2) is 5.78 Å². The number of carbonyl (C=O) groups excluding carboxylic acids is 1. The maximum Gasteiger partial charge on any atom is 0.158 e. The van der Waals surface area contributed by atoms with Crippen LogP contribution in [0.2, 0.25) is 0 Å². The number of carbonyl (C=O) groups is 1. The van der Waals surface area contributed by atoms with E-state index in [0.29, 0.717) is 46.1 Å². The van der Waals surface area contributed by atoms with Crippen LogP contribution in [0, 0.1) is 0 Å². The summed E-state index contributed by atoms with van der Waals surface area (Å²) in [4.78, 5) is 10.9. The van der Waals surface area contributed by atoms with E-state index in [2.05, 4.69) is 6.92 Å². The topological polar surface area (TPSA) is 54.0 Å². The van der Waals surface area contributed by atoms with E-state index in [1.807, 2.05) is 6.92 Å². The molecule has 0 atom stereocenters. The van der Waals surface area contributed by atoms with Gasteiger partial charge >= 0.3 is 0 Å². The van der Waals surface area contributed by atoms with E-state index in [-0.39, 0.29) is 12.4 Å². The number of ether oxygens (including phenoxy) is 4. The second kappa shape index (κ2) is 15.6. The molecule has 0 aliphatic heterocycles. The molecule has 0 aromatic carbocycles. The summed E-state index contributed by atoms with van der Waals surface area (Å²) in [6, 6.07) is 0. The second-order valence-corrected chi connectivity index (χ2v) is 4.14. The van der Waals surface area contributed by atoms with Gasteiger partial charge in [-0.15, -0.1) is 0 Å². The molecule has 0 aliphatic rings. The van der Waals surface area contributed by atoms with Crippen molar-refractivity contribution in [1.82, 2.24) is 0 Å². The van der Waals surface area contributed by atoms with Crippen molar-refractivity contribution in [2.24, 2.45) is 0 Å². The monoisotopic (exact) mass is 276 g/mol. The molecule has 0 aromatic heterocycles. The summed E-state index contributed by atoms with van der Waals surface area (Å²) < 4.78 is 21.1. The Morgan fingerprint density at radius 2 is 1.21 bits per heavy atom. The van der Waals surface area contributed by atoms with Gasteiger partial charge in [-0.2, -0.15) is 0 Å². The molecule has 0 unspecified atom stereocenters. The Bertz CT molecular complexity index is 196. The molecular formula is C14H28O5. The third-order valence-corrected chi connectivity index (χ3v) is 2.42. The molecule has 0 N–H and O–H groups in total. The second-order valence-electron chi connectivity index (χ2n) is 4.14. The zero-order chi connectivity index (χ0) is 14.2. The lowest BCUT2D eigenvalue weighted by Crippen LogP contribution is -2.14. The van der Waals surface area contributed by atoms with Gasteiger partial charge in [-0.1, -0.05) is 20.3 Å². The molecule has 5 heteroatoms. The molecule has 0 heterocycles. The van der Waals surface area contributed by atoms with Gasteiger partial charge in [-0.3, -0.25) is 4.79 Å². The molecule has 5 nitrogen and oxygen atoms in total. The van der Waals surface area contributed by atoms with Crippen molar-refractivity contribution in [2.45, 2.75) is 33.1 Å². The van der Waals surface area contributed by atoms with Crippen LogP contribution in [0.15, 0.2) is 0 Å². The van der Waals surface area contributed by atoms with Crippen molar-refractivity contribution in [2.75, 3.05) is 52.9 Å². The van der Waals surface area contributed by atoms with Crippen LogP contribution in [0.25, 0.3) is 0 Å². The minimum atomic E-state index is 0.117. The molecule has 0 saturated heterocycles. The lowest BCUT2D eigenvalue weighted by atomic mass is 10.3. The van der Waals surface area contributed by atoms with Crippen molar-refractivity contribution in [3.63, 3.8) is 0 Å². The van der Waals surface area contributed by atoms with Gasteiger partial charge in [-0.05, 0) is 6.42 Å². The highest BCUT2D eigenvalue weighted by Crippen LogP contribution is 1.88. The van der Waals surface area contributed by atoms with Crippen molar-refractivity contribution in [3.05, 3.63) is 0 Å². The van der Waals surface area contributed by atoms with E-state index in [0.717, 1.165) is 19.4 Å². The van der Waals surface area contributed by atoms with Gasteiger partial charge in [0.2, 0.25) is 0 Å². The van der Waals surface area contributed by atoms with E-state index in [1.54, 1.807) is 0 Å². The number of Topliss-reactive ketones (excluding diaryl/α,β-unsaturated/α-hetero) is 1. The van der Waals surface area contributed by atoms with Crippen LogP contribution in [0.1, 0.15) is 33.1 Å². The number of hydrogen-bond acceptors (Lipinski definition) is 5. The third kappa shape index (κ3) is 15.5. The van der Waals surface area contributed by atoms with E-state index >= 15 is 0 Å². The molecule has 0 bridgehead atoms.